The van der Waals surface area contributed by atoms with Gasteiger partial charge in [-0.2, -0.15) is 0 Å². The minimum atomic E-state index is 1.25. The molecule has 0 fully saturated rings. The zero-order valence-corrected chi connectivity index (χ0v) is 18.2. The summed E-state index contributed by atoms with van der Waals surface area (Å²) in [4.78, 5) is 0. The molecule has 24 heavy (non-hydrogen) atoms. The van der Waals surface area contributed by atoms with Gasteiger partial charge < -0.3 is 0 Å². The van der Waals surface area contributed by atoms with E-state index in [1.165, 1.54) is 24.0 Å². The topological polar surface area (TPSA) is 0 Å². The Morgan fingerprint density at radius 2 is 0.625 bits per heavy atom. The molecule has 2 aromatic rings. The quantitative estimate of drug-likeness (QED) is 0.452. The molecule has 2 aromatic carbocycles. The highest BCUT2D eigenvalue weighted by molar-refractivity contribution is 5.12. The molecule has 140 valence electrons. The maximum absolute atomic E-state index is 2.12. The van der Waals surface area contributed by atoms with Gasteiger partial charge in [0.1, 0.15) is 0 Å². The second kappa shape index (κ2) is 33.1. The summed E-state index contributed by atoms with van der Waals surface area (Å²) < 4.78 is 0. The van der Waals surface area contributed by atoms with Gasteiger partial charge in [-0.3, -0.25) is 0 Å². The first-order valence-electron chi connectivity index (χ1n) is 9.65. The lowest BCUT2D eigenvalue weighted by Gasteiger charge is -1.82. The van der Waals surface area contributed by atoms with E-state index in [4.69, 9.17) is 0 Å². The molecule has 0 heterocycles. The van der Waals surface area contributed by atoms with Crippen LogP contribution in [-0.4, -0.2) is 0 Å². The van der Waals surface area contributed by atoms with Gasteiger partial charge >= 0.3 is 0 Å². The molecule has 0 radical (unpaired) electrons. The van der Waals surface area contributed by atoms with Crippen molar-refractivity contribution in [3.8, 4) is 0 Å². The van der Waals surface area contributed by atoms with Crippen LogP contribution in [0.1, 0.15) is 79.4 Å². The van der Waals surface area contributed by atoms with E-state index in [0.717, 1.165) is 0 Å². The van der Waals surface area contributed by atoms with Crippen LogP contribution in [0.3, 0.4) is 0 Å². The maximum Gasteiger partial charge on any atom is -0.0398 e. The monoisotopic (exact) mass is 332 g/mol. The Labute approximate surface area is 154 Å². The molecule has 0 nitrogen and oxygen atoms in total. The Balaban J connectivity index is -0.000000110. The zero-order chi connectivity index (χ0) is 19.6. The first kappa shape index (κ1) is 30.3. The molecular formula is C24H44. The fraction of sp³-hybridized carbons (Fsp3) is 0.500. The Kier molecular flexibility index (Phi) is 41.9. The van der Waals surface area contributed by atoms with Gasteiger partial charge in [-0.15, -0.1) is 0 Å². The lowest BCUT2D eigenvalue weighted by Crippen LogP contribution is -1.62. The molecule has 0 N–H and O–H groups in total. The fourth-order valence-electron chi connectivity index (χ4n) is 1.07. The predicted octanol–water partition coefficient (Wildman–Crippen LogP) is 8.88. The normalized spacial score (nSPS) is 7.08. The Bertz CT molecular complexity index is 322. The van der Waals surface area contributed by atoms with Crippen LogP contribution in [0.4, 0.5) is 0 Å². The smallest absolute Gasteiger partial charge is 0.0398 e. The van der Waals surface area contributed by atoms with E-state index in [1.54, 1.807) is 0 Å². The number of aryl methyl sites for hydroxylation is 2. The molecule has 0 atom stereocenters. The van der Waals surface area contributed by atoms with Gasteiger partial charge in [-0.25, -0.2) is 0 Å². The van der Waals surface area contributed by atoms with Crippen molar-refractivity contribution in [3.05, 3.63) is 71.8 Å². The van der Waals surface area contributed by atoms with Crippen LogP contribution in [0, 0.1) is 13.8 Å². The van der Waals surface area contributed by atoms with Crippen molar-refractivity contribution in [2.24, 2.45) is 0 Å². The molecule has 0 amide bonds. The molecule has 0 bridgehead atoms. The van der Waals surface area contributed by atoms with Gasteiger partial charge in [0.15, 0.2) is 0 Å². The van der Waals surface area contributed by atoms with Crippen LogP contribution in [0.5, 0.6) is 0 Å². The molecule has 0 aliphatic heterocycles. The molecule has 0 aromatic heterocycles. The Morgan fingerprint density at radius 1 is 0.458 bits per heavy atom. The summed E-state index contributed by atoms with van der Waals surface area (Å²) in [6.07, 6.45) is 2.50. The van der Waals surface area contributed by atoms with Crippen molar-refractivity contribution in [2.45, 2.75) is 82.1 Å². The molecule has 0 unspecified atom stereocenters. The Morgan fingerprint density at radius 3 is 0.708 bits per heavy atom. The summed E-state index contributed by atoms with van der Waals surface area (Å²) in [6, 6.07) is 20.5. The Hall–Kier alpha value is -1.56. The van der Waals surface area contributed by atoms with Gasteiger partial charge in [0.2, 0.25) is 0 Å². The van der Waals surface area contributed by atoms with Crippen molar-refractivity contribution >= 4 is 0 Å². The summed E-state index contributed by atoms with van der Waals surface area (Å²) in [5.41, 5.74) is 2.64. The highest BCUT2D eigenvalue weighted by Gasteiger charge is 1.72. The van der Waals surface area contributed by atoms with Crippen LogP contribution in [0.2, 0.25) is 0 Å². The average Bonchev–Trinajstić information content (AvgIpc) is 2.62. The highest BCUT2D eigenvalue weighted by Crippen LogP contribution is 1.92. The minimum Gasteiger partial charge on any atom is -0.0683 e. The number of rotatable bonds is 0. The van der Waals surface area contributed by atoms with Crippen LogP contribution in [-0.2, 0) is 0 Å². The second-order valence-corrected chi connectivity index (χ2v) is 4.72. The van der Waals surface area contributed by atoms with Crippen LogP contribution >= 0.6 is 0 Å². The molecular weight excluding hydrogens is 288 g/mol. The number of benzene rings is 2. The first-order valence-corrected chi connectivity index (χ1v) is 9.65. The van der Waals surface area contributed by atoms with Gasteiger partial charge in [-0.05, 0) is 13.8 Å². The molecule has 0 aliphatic carbocycles. The maximum atomic E-state index is 2.12. The largest absolute Gasteiger partial charge is 0.0683 e. The van der Waals surface area contributed by atoms with Crippen molar-refractivity contribution in [2.75, 3.05) is 0 Å². The first-order chi connectivity index (χ1) is 11.6. The van der Waals surface area contributed by atoms with Crippen molar-refractivity contribution < 1.29 is 0 Å². The second-order valence-electron chi connectivity index (χ2n) is 4.72. The summed E-state index contributed by atoms with van der Waals surface area (Å²) in [6.45, 7) is 20.7. The molecule has 0 saturated heterocycles. The third-order valence-electron chi connectivity index (χ3n) is 1.88. The summed E-state index contributed by atoms with van der Waals surface area (Å²) >= 11 is 0. The van der Waals surface area contributed by atoms with E-state index in [2.05, 4.69) is 65.8 Å². The van der Waals surface area contributed by atoms with E-state index in [-0.39, 0.29) is 0 Å². The van der Waals surface area contributed by atoms with Crippen molar-refractivity contribution in [1.82, 2.24) is 0 Å². The summed E-state index contributed by atoms with van der Waals surface area (Å²) in [7, 11) is 0. The number of hydrogen-bond acceptors (Lipinski definition) is 0. The van der Waals surface area contributed by atoms with E-state index in [1.807, 2.05) is 64.1 Å². The average molecular weight is 333 g/mol. The minimum absolute atomic E-state index is 1.25. The van der Waals surface area contributed by atoms with E-state index in [9.17, 15) is 0 Å². The lowest BCUT2D eigenvalue weighted by molar-refractivity contribution is 1.09. The molecule has 0 aliphatic rings. The van der Waals surface area contributed by atoms with Gasteiger partial charge in [0.05, 0.1) is 0 Å². The number of hydrogen-bond donors (Lipinski definition) is 0. The van der Waals surface area contributed by atoms with Crippen LogP contribution < -0.4 is 0 Å². The fourth-order valence-corrected chi connectivity index (χ4v) is 1.07. The SMILES string of the molecule is CC.CC.CCC.CCC.Cc1ccccc1.Cc1ccccc1. The lowest BCUT2D eigenvalue weighted by atomic mass is 10.2. The standard InChI is InChI=1S/2C7H8.2C3H8.2C2H6/c2*1-7-5-3-2-4-6-7;2*1-3-2;2*1-2/h2*2-6H,1H3;2*3H2,1-2H3;2*1-2H3. The zero-order valence-electron chi connectivity index (χ0n) is 18.2. The van der Waals surface area contributed by atoms with Gasteiger partial charge in [-0.1, -0.05) is 140 Å². The van der Waals surface area contributed by atoms with Gasteiger partial charge in [0, 0.05) is 0 Å². The van der Waals surface area contributed by atoms with Crippen molar-refractivity contribution in [3.63, 3.8) is 0 Å². The van der Waals surface area contributed by atoms with E-state index >= 15 is 0 Å². The van der Waals surface area contributed by atoms with Crippen LogP contribution in [0.15, 0.2) is 60.7 Å². The molecule has 2 rings (SSSR count). The molecule has 0 heteroatoms. The predicted molar refractivity (Wildman–Crippen MR) is 117 cm³/mol. The van der Waals surface area contributed by atoms with Crippen molar-refractivity contribution in [1.29, 1.82) is 0 Å². The molecule has 0 spiro atoms. The van der Waals surface area contributed by atoms with Gasteiger partial charge in [0.25, 0.3) is 0 Å². The highest BCUT2D eigenvalue weighted by atomic mass is 13.8. The third-order valence-corrected chi connectivity index (χ3v) is 1.88. The van der Waals surface area contributed by atoms with E-state index in [0.29, 0.717) is 0 Å². The third kappa shape index (κ3) is 37.0. The summed E-state index contributed by atoms with van der Waals surface area (Å²) in [5, 5.41) is 0. The van der Waals surface area contributed by atoms with Crippen LogP contribution in [0.25, 0.3) is 0 Å². The molecule has 0 saturated carbocycles. The summed E-state index contributed by atoms with van der Waals surface area (Å²) in [5.74, 6) is 0. The van der Waals surface area contributed by atoms with E-state index < -0.39 is 0 Å².